The first kappa shape index (κ1) is 14.0. The molecule has 1 N–H and O–H groups in total. The maximum atomic E-state index is 5.78. The van der Waals surface area contributed by atoms with Crippen LogP contribution in [-0.4, -0.2) is 18.1 Å². The number of nitrogens with one attached hydrogen (secondary N) is 1. The SMILES string of the molecule is CCNCCc1ncc(-c2cc(Br)ccc2I)o1. The fourth-order valence-corrected chi connectivity index (χ4v) is 2.57. The van der Waals surface area contributed by atoms with E-state index in [4.69, 9.17) is 4.42 Å². The van der Waals surface area contributed by atoms with Gasteiger partial charge in [-0.15, -0.1) is 0 Å². The number of aromatic nitrogens is 1. The van der Waals surface area contributed by atoms with Crippen LogP contribution >= 0.6 is 38.5 Å². The number of benzene rings is 1. The van der Waals surface area contributed by atoms with Crippen LogP contribution in [0.2, 0.25) is 0 Å². The predicted octanol–water partition coefficient (Wildman–Crippen LogP) is 3.86. The van der Waals surface area contributed by atoms with E-state index < -0.39 is 0 Å². The lowest BCUT2D eigenvalue weighted by Crippen LogP contribution is -2.16. The largest absolute Gasteiger partial charge is 0.441 e. The lowest BCUT2D eigenvalue weighted by molar-refractivity contribution is 0.497. The van der Waals surface area contributed by atoms with Crippen LogP contribution < -0.4 is 5.32 Å². The second-order valence-corrected chi connectivity index (χ2v) is 5.92. The highest BCUT2D eigenvalue weighted by Gasteiger charge is 2.09. The van der Waals surface area contributed by atoms with E-state index >= 15 is 0 Å². The molecule has 0 aliphatic rings. The summed E-state index contributed by atoms with van der Waals surface area (Å²) in [4.78, 5) is 4.31. The molecular weight excluding hydrogens is 407 g/mol. The molecule has 2 aromatic rings. The maximum Gasteiger partial charge on any atom is 0.196 e. The van der Waals surface area contributed by atoms with Gasteiger partial charge in [0.05, 0.1) is 6.20 Å². The van der Waals surface area contributed by atoms with Crippen molar-refractivity contribution in [3.63, 3.8) is 0 Å². The van der Waals surface area contributed by atoms with Gasteiger partial charge in [-0.3, -0.25) is 0 Å². The van der Waals surface area contributed by atoms with Crippen molar-refractivity contribution < 1.29 is 4.42 Å². The van der Waals surface area contributed by atoms with Crippen molar-refractivity contribution in [1.29, 1.82) is 0 Å². The molecule has 0 bridgehead atoms. The molecular formula is C13H14BrIN2O. The summed E-state index contributed by atoms with van der Waals surface area (Å²) in [6.07, 6.45) is 2.61. The Morgan fingerprint density at radius 1 is 1.44 bits per heavy atom. The van der Waals surface area contributed by atoms with Gasteiger partial charge in [-0.25, -0.2) is 4.98 Å². The molecule has 0 unspecified atom stereocenters. The Morgan fingerprint density at radius 2 is 2.28 bits per heavy atom. The zero-order valence-electron chi connectivity index (χ0n) is 10.0. The third kappa shape index (κ3) is 3.55. The Kier molecular flexibility index (Phi) is 5.20. The van der Waals surface area contributed by atoms with Gasteiger partial charge in [-0.05, 0) is 47.3 Å². The van der Waals surface area contributed by atoms with Crippen LogP contribution in [0.5, 0.6) is 0 Å². The van der Waals surface area contributed by atoms with Crippen LogP contribution in [0.25, 0.3) is 11.3 Å². The van der Waals surface area contributed by atoms with Gasteiger partial charge < -0.3 is 9.73 Å². The lowest BCUT2D eigenvalue weighted by atomic mass is 10.2. The van der Waals surface area contributed by atoms with Crippen LogP contribution in [0.1, 0.15) is 12.8 Å². The molecule has 0 radical (unpaired) electrons. The molecule has 1 aromatic carbocycles. The average Bonchev–Trinajstić information content (AvgIpc) is 2.81. The summed E-state index contributed by atoms with van der Waals surface area (Å²) in [5, 5.41) is 3.26. The summed E-state index contributed by atoms with van der Waals surface area (Å²) in [5.41, 5.74) is 1.08. The number of hydrogen-bond donors (Lipinski definition) is 1. The molecule has 0 aliphatic heterocycles. The number of hydrogen-bond acceptors (Lipinski definition) is 3. The first-order chi connectivity index (χ1) is 8.70. The van der Waals surface area contributed by atoms with Crippen LogP contribution in [0, 0.1) is 3.57 Å². The van der Waals surface area contributed by atoms with Crippen molar-refractivity contribution in [2.45, 2.75) is 13.3 Å². The minimum atomic E-state index is 0.779. The number of rotatable bonds is 5. The smallest absolute Gasteiger partial charge is 0.196 e. The van der Waals surface area contributed by atoms with Crippen molar-refractivity contribution in [1.82, 2.24) is 10.3 Å². The van der Waals surface area contributed by atoms with Gasteiger partial charge in [0.2, 0.25) is 0 Å². The van der Waals surface area contributed by atoms with Crippen molar-refractivity contribution in [2.75, 3.05) is 13.1 Å². The number of halogens is 2. The van der Waals surface area contributed by atoms with E-state index in [1.165, 1.54) is 0 Å². The van der Waals surface area contributed by atoms with E-state index in [1.807, 2.05) is 6.07 Å². The van der Waals surface area contributed by atoms with Crippen molar-refractivity contribution in [3.05, 3.63) is 38.3 Å². The monoisotopic (exact) mass is 420 g/mol. The standard InChI is InChI=1S/C13H14BrIN2O/c1-2-16-6-5-13-17-8-12(18-13)10-7-9(14)3-4-11(10)15/h3-4,7-8,16H,2,5-6H2,1H3. The molecule has 0 aliphatic carbocycles. The molecule has 2 rings (SSSR count). The minimum Gasteiger partial charge on any atom is -0.441 e. The van der Waals surface area contributed by atoms with E-state index in [0.29, 0.717) is 0 Å². The first-order valence-corrected chi connectivity index (χ1v) is 7.68. The zero-order chi connectivity index (χ0) is 13.0. The van der Waals surface area contributed by atoms with E-state index in [2.05, 4.69) is 67.9 Å². The third-order valence-corrected chi connectivity index (χ3v) is 3.95. The highest BCUT2D eigenvalue weighted by Crippen LogP contribution is 2.28. The van der Waals surface area contributed by atoms with Crippen molar-refractivity contribution >= 4 is 38.5 Å². The molecule has 0 saturated heterocycles. The Labute approximate surface area is 129 Å². The van der Waals surface area contributed by atoms with Gasteiger partial charge >= 0.3 is 0 Å². The molecule has 1 heterocycles. The van der Waals surface area contributed by atoms with Crippen molar-refractivity contribution in [3.8, 4) is 11.3 Å². The topological polar surface area (TPSA) is 38.1 Å². The molecule has 0 spiro atoms. The third-order valence-electron chi connectivity index (χ3n) is 2.51. The number of likely N-dealkylation sites (N-methyl/N-ethyl adjacent to an activating group) is 1. The van der Waals surface area contributed by atoms with E-state index in [9.17, 15) is 0 Å². The zero-order valence-corrected chi connectivity index (χ0v) is 13.8. The maximum absolute atomic E-state index is 5.78. The molecule has 96 valence electrons. The Morgan fingerprint density at radius 3 is 3.06 bits per heavy atom. The summed E-state index contributed by atoms with van der Waals surface area (Å²) in [5.74, 6) is 1.61. The summed E-state index contributed by atoms with van der Waals surface area (Å²) < 4.78 is 7.98. The van der Waals surface area contributed by atoms with Gasteiger partial charge in [0.25, 0.3) is 0 Å². The van der Waals surface area contributed by atoms with Crippen LogP contribution in [0.4, 0.5) is 0 Å². The fraction of sp³-hybridized carbons (Fsp3) is 0.308. The van der Waals surface area contributed by atoms with Crippen LogP contribution in [0.3, 0.4) is 0 Å². The fourth-order valence-electron chi connectivity index (χ4n) is 1.61. The molecule has 0 amide bonds. The molecule has 0 saturated carbocycles. The lowest BCUT2D eigenvalue weighted by Gasteiger charge is -2.01. The molecule has 3 nitrogen and oxygen atoms in total. The summed E-state index contributed by atoms with van der Waals surface area (Å²) in [6, 6.07) is 6.13. The van der Waals surface area contributed by atoms with Crippen LogP contribution in [0.15, 0.2) is 33.3 Å². The Bertz CT molecular complexity index is 527. The second-order valence-electron chi connectivity index (χ2n) is 3.85. The Balaban J connectivity index is 2.16. The minimum absolute atomic E-state index is 0.779. The molecule has 1 aromatic heterocycles. The van der Waals surface area contributed by atoms with Crippen molar-refractivity contribution in [2.24, 2.45) is 0 Å². The van der Waals surface area contributed by atoms with E-state index in [1.54, 1.807) is 6.20 Å². The van der Waals surface area contributed by atoms with Gasteiger partial charge in [0.15, 0.2) is 11.7 Å². The number of oxazole rings is 1. The van der Waals surface area contributed by atoms with E-state index in [0.717, 1.165) is 44.8 Å². The highest BCUT2D eigenvalue weighted by atomic mass is 127. The average molecular weight is 421 g/mol. The van der Waals surface area contributed by atoms with E-state index in [-0.39, 0.29) is 0 Å². The van der Waals surface area contributed by atoms with Gasteiger partial charge in [0.1, 0.15) is 0 Å². The number of nitrogens with zero attached hydrogens (tertiary/aromatic N) is 1. The first-order valence-electron chi connectivity index (χ1n) is 5.81. The summed E-state index contributed by atoms with van der Waals surface area (Å²) >= 11 is 5.78. The normalized spacial score (nSPS) is 10.8. The van der Waals surface area contributed by atoms with Gasteiger partial charge in [-0.1, -0.05) is 22.9 Å². The molecule has 0 atom stereocenters. The Hall–Kier alpha value is -0.400. The molecule has 5 heteroatoms. The molecule has 18 heavy (non-hydrogen) atoms. The highest BCUT2D eigenvalue weighted by molar-refractivity contribution is 14.1. The van der Waals surface area contributed by atoms with Crippen LogP contribution in [-0.2, 0) is 6.42 Å². The summed E-state index contributed by atoms with van der Waals surface area (Å²) in [7, 11) is 0. The van der Waals surface area contributed by atoms with Gasteiger partial charge in [0, 0.05) is 26.6 Å². The quantitative estimate of drug-likeness (QED) is 0.589. The second kappa shape index (κ2) is 6.68. The molecule has 0 fully saturated rings. The summed E-state index contributed by atoms with van der Waals surface area (Å²) in [6.45, 7) is 3.95. The van der Waals surface area contributed by atoms with Gasteiger partial charge in [-0.2, -0.15) is 0 Å². The predicted molar refractivity (Wildman–Crippen MR) is 84.6 cm³/mol.